The predicted octanol–water partition coefficient (Wildman–Crippen LogP) is 2.54. The summed E-state index contributed by atoms with van der Waals surface area (Å²) < 4.78 is 4.92. The van der Waals surface area contributed by atoms with Crippen LogP contribution in [0.25, 0.3) is 0 Å². The van der Waals surface area contributed by atoms with Gasteiger partial charge >= 0.3 is 6.09 Å². The molecule has 0 aromatic heterocycles. The Kier molecular flexibility index (Phi) is 5.36. The van der Waals surface area contributed by atoms with Crippen molar-refractivity contribution in [3.05, 3.63) is 30.3 Å². The van der Waals surface area contributed by atoms with Crippen LogP contribution in [0.2, 0.25) is 0 Å². The maximum atomic E-state index is 11.6. The molecule has 0 unspecified atom stereocenters. The Labute approximate surface area is 113 Å². The monoisotopic (exact) mass is 264 g/mol. The zero-order chi connectivity index (χ0) is 14.3. The maximum absolute atomic E-state index is 11.6. The first-order valence-electron chi connectivity index (χ1n) is 6.17. The minimum absolute atomic E-state index is 0.0561. The predicted molar refractivity (Wildman–Crippen MR) is 73.9 cm³/mol. The van der Waals surface area contributed by atoms with Crippen LogP contribution in [0.1, 0.15) is 27.2 Å². The highest BCUT2D eigenvalue weighted by Gasteiger charge is 2.14. The third-order valence-corrected chi connectivity index (χ3v) is 2.10. The molecule has 0 aliphatic carbocycles. The van der Waals surface area contributed by atoms with Gasteiger partial charge in [0.05, 0.1) is 6.42 Å². The van der Waals surface area contributed by atoms with E-state index in [1.54, 1.807) is 12.1 Å². The fourth-order valence-corrected chi connectivity index (χ4v) is 1.32. The number of anilines is 1. The van der Waals surface area contributed by atoms with E-state index >= 15 is 0 Å². The summed E-state index contributed by atoms with van der Waals surface area (Å²) in [4.78, 5) is 22.9. The van der Waals surface area contributed by atoms with Crippen molar-refractivity contribution < 1.29 is 14.3 Å². The van der Waals surface area contributed by atoms with E-state index in [0.717, 1.165) is 5.69 Å². The molecule has 5 nitrogen and oxygen atoms in total. The van der Waals surface area contributed by atoms with Crippen LogP contribution in [-0.4, -0.2) is 24.1 Å². The van der Waals surface area contributed by atoms with Gasteiger partial charge in [-0.2, -0.15) is 0 Å². The lowest BCUT2D eigenvalue weighted by Gasteiger charge is -2.19. The van der Waals surface area contributed by atoms with Gasteiger partial charge in [-0.05, 0) is 32.9 Å². The number of hydrogen-bond donors (Lipinski definition) is 2. The van der Waals surface area contributed by atoms with Gasteiger partial charge in [0, 0.05) is 11.2 Å². The van der Waals surface area contributed by atoms with Gasteiger partial charge in [0.1, 0.15) is 6.61 Å². The number of amides is 2. The van der Waals surface area contributed by atoms with Gasteiger partial charge in [-0.15, -0.1) is 0 Å². The molecular weight excluding hydrogens is 244 g/mol. The van der Waals surface area contributed by atoms with Crippen LogP contribution in [0.15, 0.2) is 30.3 Å². The van der Waals surface area contributed by atoms with Crippen molar-refractivity contribution >= 4 is 17.7 Å². The van der Waals surface area contributed by atoms with Crippen molar-refractivity contribution in [3.63, 3.8) is 0 Å². The minimum Gasteiger partial charge on any atom is -0.449 e. The molecule has 0 saturated carbocycles. The van der Waals surface area contributed by atoms with Gasteiger partial charge in [-0.3, -0.25) is 4.79 Å². The highest BCUT2D eigenvalue weighted by Crippen LogP contribution is 2.05. The Bertz CT molecular complexity index is 424. The quantitative estimate of drug-likeness (QED) is 0.878. The molecule has 1 aromatic rings. The van der Waals surface area contributed by atoms with Crippen LogP contribution in [0.5, 0.6) is 0 Å². The smallest absolute Gasteiger partial charge is 0.407 e. The molecule has 19 heavy (non-hydrogen) atoms. The lowest BCUT2D eigenvalue weighted by Crippen LogP contribution is -2.41. The van der Waals surface area contributed by atoms with Crippen LogP contribution in [-0.2, 0) is 9.53 Å². The molecule has 0 atom stereocenters. The Balaban J connectivity index is 2.23. The zero-order valence-electron chi connectivity index (χ0n) is 11.5. The number of alkyl carbamates (subject to hydrolysis) is 1. The number of carbonyl (C=O) groups is 2. The van der Waals surface area contributed by atoms with Crippen molar-refractivity contribution in [2.24, 2.45) is 0 Å². The summed E-state index contributed by atoms with van der Waals surface area (Å²) in [5.41, 5.74) is 0.385. The van der Waals surface area contributed by atoms with Crippen molar-refractivity contribution in [1.29, 1.82) is 0 Å². The SMILES string of the molecule is CC(C)(C)NC(=O)OCCC(=O)Nc1ccccc1. The molecule has 1 rings (SSSR count). The topological polar surface area (TPSA) is 67.4 Å². The largest absolute Gasteiger partial charge is 0.449 e. The van der Waals surface area contributed by atoms with Gasteiger partial charge < -0.3 is 15.4 Å². The molecule has 104 valence electrons. The zero-order valence-corrected chi connectivity index (χ0v) is 11.5. The molecule has 2 N–H and O–H groups in total. The van der Waals surface area contributed by atoms with Crippen molar-refractivity contribution in [2.75, 3.05) is 11.9 Å². The van der Waals surface area contributed by atoms with E-state index in [4.69, 9.17) is 4.74 Å². The first kappa shape index (κ1) is 15.0. The third-order valence-electron chi connectivity index (χ3n) is 2.10. The fourth-order valence-electron chi connectivity index (χ4n) is 1.32. The third kappa shape index (κ3) is 7.08. The summed E-state index contributed by atoms with van der Waals surface area (Å²) in [7, 11) is 0. The number of nitrogens with one attached hydrogen (secondary N) is 2. The Morgan fingerprint density at radius 2 is 1.79 bits per heavy atom. The van der Waals surface area contributed by atoms with Crippen LogP contribution in [0, 0.1) is 0 Å². The van der Waals surface area contributed by atoms with Crippen molar-refractivity contribution in [2.45, 2.75) is 32.7 Å². The molecule has 0 aliphatic rings. The summed E-state index contributed by atoms with van der Waals surface area (Å²) in [6.45, 7) is 5.63. The normalized spacial score (nSPS) is 10.7. The molecule has 0 spiro atoms. The molecule has 0 aliphatic heterocycles. The number of rotatable bonds is 4. The van der Waals surface area contributed by atoms with E-state index in [-0.39, 0.29) is 24.5 Å². The van der Waals surface area contributed by atoms with Gasteiger partial charge in [-0.1, -0.05) is 18.2 Å². The summed E-state index contributed by atoms with van der Waals surface area (Å²) in [6, 6.07) is 9.14. The van der Waals surface area contributed by atoms with E-state index in [2.05, 4.69) is 10.6 Å². The lowest BCUT2D eigenvalue weighted by molar-refractivity contribution is -0.116. The second-order valence-corrected chi connectivity index (χ2v) is 5.18. The van der Waals surface area contributed by atoms with Crippen LogP contribution >= 0.6 is 0 Å². The number of carbonyl (C=O) groups excluding carboxylic acids is 2. The van der Waals surface area contributed by atoms with Gasteiger partial charge in [0.25, 0.3) is 0 Å². The summed E-state index contributed by atoms with van der Waals surface area (Å²) >= 11 is 0. The maximum Gasteiger partial charge on any atom is 0.407 e. The summed E-state index contributed by atoms with van der Waals surface area (Å²) in [5.74, 6) is -0.185. The minimum atomic E-state index is -0.514. The highest BCUT2D eigenvalue weighted by atomic mass is 16.5. The number of para-hydroxylation sites is 1. The molecule has 5 heteroatoms. The fraction of sp³-hybridized carbons (Fsp3) is 0.429. The van der Waals surface area contributed by atoms with E-state index in [1.165, 1.54) is 0 Å². The second kappa shape index (κ2) is 6.78. The van der Waals surface area contributed by atoms with E-state index in [9.17, 15) is 9.59 Å². The average molecular weight is 264 g/mol. The van der Waals surface area contributed by atoms with Gasteiger partial charge in [0.15, 0.2) is 0 Å². The molecule has 2 amide bonds. The number of hydrogen-bond acceptors (Lipinski definition) is 3. The molecule has 0 fully saturated rings. The van der Waals surface area contributed by atoms with Gasteiger partial charge in [-0.25, -0.2) is 4.79 Å². The van der Waals surface area contributed by atoms with Crippen molar-refractivity contribution in [1.82, 2.24) is 5.32 Å². The van der Waals surface area contributed by atoms with E-state index < -0.39 is 6.09 Å². The van der Waals surface area contributed by atoms with Crippen LogP contribution in [0.3, 0.4) is 0 Å². The van der Waals surface area contributed by atoms with E-state index in [0.29, 0.717) is 0 Å². The Morgan fingerprint density at radius 3 is 2.37 bits per heavy atom. The summed E-state index contributed by atoms with van der Waals surface area (Å²) in [6.07, 6.45) is -0.382. The second-order valence-electron chi connectivity index (χ2n) is 5.18. The Morgan fingerprint density at radius 1 is 1.16 bits per heavy atom. The van der Waals surface area contributed by atoms with Gasteiger partial charge in [0.2, 0.25) is 5.91 Å². The molecule has 0 heterocycles. The first-order valence-corrected chi connectivity index (χ1v) is 6.17. The first-order chi connectivity index (χ1) is 8.87. The number of benzene rings is 1. The number of ether oxygens (including phenoxy) is 1. The average Bonchev–Trinajstić information content (AvgIpc) is 2.27. The van der Waals surface area contributed by atoms with Crippen molar-refractivity contribution in [3.8, 4) is 0 Å². The standard InChI is InChI=1S/C14H20N2O3/c1-14(2,3)16-13(18)19-10-9-12(17)15-11-7-5-4-6-8-11/h4-8H,9-10H2,1-3H3,(H,15,17)(H,16,18). The molecule has 1 aromatic carbocycles. The summed E-state index contributed by atoms with van der Waals surface area (Å²) in [5, 5.41) is 5.36. The molecule has 0 radical (unpaired) electrons. The lowest BCUT2D eigenvalue weighted by atomic mass is 10.1. The Hall–Kier alpha value is -2.04. The van der Waals surface area contributed by atoms with Crippen LogP contribution in [0.4, 0.5) is 10.5 Å². The van der Waals surface area contributed by atoms with Crippen LogP contribution < -0.4 is 10.6 Å². The molecular formula is C14H20N2O3. The highest BCUT2D eigenvalue weighted by molar-refractivity contribution is 5.90. The van der Waals surface area contributed by atoms with E-state index in [1.807, 2.05) is 39.0 Å². The molecule has 0 bridgehead atoms. The molecule has 0 saturated heterocycles.